The Labute approximate surface area is 110 Å². The topological polar surface area (TPSA) is 42.2 Å². The van der Waals surface area contributed by atoms with Crippen LogP contribution in [0.4, 0.5) is 11.5 Å². The highest BCUT2D eigenvalue weighted by molar-refractivity contribution is 5.66. The number of nitrogens with two attached hydrogens (primary N) is 1. The molecule has 1 aromatic rings. The summed E-state index contributed by atoms with van der Waals surface area (Å²) in [5, 5.41) is 0. The number of hydrogen-bond acceptors (Lipinski definition) is 3. The molecule has 0 radical (unpaired) electrons. The third-order valence-corrected chi connectivity index (χ3v) is 2.73. The molecule has 0 aromatic carbocycles. The van der Waals surface area contributed by atoms with E-state index in [9.17, 15) is 0 Å². The molecule has 3 nitrogen and oxygen atoms in total. The first-order valence-electron chi connectivity index (χ1n) is 6.43. The van der Waals surface area contributed by atoms with Crippen LogP contribution in [0, 0.1) is 5.92 Å². The molecule has 0 aliphatic rings. The smallest absolute Gasteiger partial charge is 0.160 e. The second-order valence-corrected chi connectivity index (χ2v) is 4.61. The van der Waals surface area contributed by atoms with Crippen molar-refractivity contribution in [1.29, 1.82) is 0 Å². The molecule has 0 unspecified atom stereocenters. The Bertz CT molecular complexity index is 422. The van der Waals surface area contributed by atoms with Crippen molar-refractivity contribution in [1.82, 2.24) is 4.98 Å². The van der Waals surface area contributed by atoms with E-state index >= 15 is 0 Å². The summed E-state index contributed by atoms with van der Waals surface area (Å²) >= 11 is 0. The van der Waals surface area contributed by atoms with Gasteiger partial charge in [-0.2, -0.15) is 0 Å². The van der Waals surface area contributed by atoms with E-state index in [4.69, 9.17) is 5.73 Å². The van der Waals surface area contributed by atoms with Crippen molar-refractivity contribution in [2.24, 2.45) is 5.92 Å². The van der Waals surface area contributed by atoms with E-state index in [1.165, 1.54) is 0 Å². The summed E-state index contributed by atoms with van der Waals surface area (Å²) in [5.41, 5.74) is 7.64. The number of rotatable bonds is 6. The maximum Gasteiger partial charge on any atom is 0.160 e. The summed E-state index contributed by atoms with van der Waals surface area (Å²) in [7, 11) is 0. The summed E-state index contributed by atoms with van der Waals surface area (Å²) in [4.78, 5) is 6.33. The van der Waals surface area contributed by atoms with Gasteiger partial charge in [-0.15, -0.1) is 0 Å². The number of nitrogens with zero attached hydrogens (tertiary/aromatic N) is 2. The molecule has 0 aliphatic carbocycles. The SMILES string of the molecule is C=C(C(C)C)N(/C=C\CCC)c1ncccc1N. The summed E-state index contributed by atoms with van der Waals surface area (Å²) < 4.78 is 0. The van der Waals surface area contributed by atoms with E-state index in [0.717, 1.165) is 24.4 Å². The predicted molar refractivity (Wildman–Crippen MR) is 79.2 cm³/mol. The van der Waals surface area contributed by atoms with Gasteiger partial charge in [0.15, 0.2) is 5.82 Å². The molecular weight excluding hydrogens is 222 g/mol. The molecule has 1 heterocycles. The molecule has 0 saturated carbocycles. The van der Waals surface area contributed by atoms with Gasteiger partial charge in [0, 0.05) is 18.1 Å². The van der Waals surface area contributed by atoms with Crippen LogP contribution in [0.5, 0.6) is 0 Å². The number of pyridine rings is 1. The lowest BCUT2D eigenvalue weighted by atomic mass is 10.1. The third kappa shape index (κ3) is 3.62. The van der Waals surface area contributed by atoms with Gasteiger partial charge in [-0.25, -0.2) is 4.98 Å². The molecule has 1 rings (SSSR count). The van der Waals surface area contributed by atoms with Crippen molar-refractivity contribution in [3.63, 3.8) is 0 Å². The predicted octanol–water partition coefficient (Wildman–Crippen LogP) is 3.95. The highest BCUT2D eigenvalue weighted by Gasteiger charge is 2.14. The van der Waals surface area contributed by atoms with Gasteiger partial charge in [-0.1, -0.05) is 39.8 Å². The zero-order chi connectivity index (χ0) is 13.5. The lowest BCUT2D eigenvalue weighted by Gasteiger charge is -2.25. The van der Waals surface area contributed by atoms with Crippen molar-refractivity contribution in [3.8, 4) is 0 Å². The second kappa shape index (κ2) is 6.84. The summed E-state index contributed by atoms with van der Waals surface area (Å²) in [6.45, 7) is 10.5. The van der Waals surface area contributed by atoms with Gasteiger partial charge in [0.25, 0.3) is 0 Å². The highest BCUT2D eigenvalue weighted by atomic mass is 15.2. The Morgan fingerprint density at radius 1 is 1.56 bits per heavy atom. The van der Waals surface area contributed by atoms with Crippen LogP contribution in [0.1, 0.15) is 33.6 Å². The molecule has 2 N–H and O–H groups in total. The van der Waals surface area contributed by atoms with Crippen LogP contribution in [0.15, 0.2) is 42.9 Å². The quantitative estimate of drug-likeness (QED) is 0.825. The molecule has 1 aromatic heterocycles. The highest BCUT2D eigenvalue weighted by Crippen LogP contribution is 2.26. The van der Waals surface area contributed by atoms with Gasteiger partial charge in [0.1, 0.15) is 0 Å². The van der Waals surface area contributed by atoms with E-state index in [-0.39, 0.29) is 0 Å². The fourth-order valence-corrected chi connectivity index (χ4v) is 1.54. The molecule has 0 fully saturated rings. The largest absolute Gasteiger partial charge is 0.396 e. The number of allylic oxidation sites excluding steroid dienone is 2. The standard InChI is InChI=1S/C15H23N3/c1-5-6-7-11-18(13(4)12(2)3)15-14(16)9-8-10-17-15/h7-12H,4-6,16H2,1-3H3/b11-7-. The molecule has 0 aliphatic heterocycles. The lowest BCUT2D eigenvalue weighted by Crippen LogP contribution is -2.20. The number of hydrogen-bond donors (Lipinski definition) is 1. The minimum Gasteiger partial charge on any atom is -0.396 e. The molecule has 0 bridgehead atoms. The number of aromatic nitrogens is 1. The van der Waals surface area contributed by atoms with E-state index in [1.54, 1.807) is 6.20 Å². The van der Waals surface area contributed by atoms with Crippen LogP contribution in [0.2, 0.25) is 0 Å². The molecule has 0 amide bonds. The zero-order valence-electron chi connectivity index (χ0n) is 11.6. The summed E-state index contributed by atoms with van der Waals surface area (Å²) in [5.74, 6) is 1.10. The van der Waals surface area contributed by atoms with Crippen molar-refractivity contribution in [2.75, 3.05) is 10.6 Å². The Morgan fingerprint density at radius 2 is 2.28 bits per heavy atom. The second-order valence-electron chi connectivity index (χ2n) is 4.61. The number of unbranched alkanes of at least 4 members (excludes halogenated alkanes) is 1. The summed E-state index contributed by atoms with van der Waals surface area (Å²) in [6, 6.07) is 3.70. The van der Waals surface area contributed by atoms with E-state index in [0.29, 0.717) is 11.6 Å². The van der Waals surface area contributed by atoms with Crippen LogP contribution in [-0.2, 0) is 0 Å². The van der Waals surface area contributed by atoms with Crippen LogP contribution >= 0.6 is 0 Å². The first-order chi connectivity index (χ1) is 8.57. The molecule has 18 heavy (non-hydrogen) atoms. The molecule has 0 spiro atoms. The van der Waals surface area contributed by atoms with Crippen molar-refractivity contribution in [3.05, 3.63) is 42.9 Å². The van der Waals surface area contributed by atoms with Gasteiger partial charge in [-0.3, -0.25) is 0 Å². The normalized spacial score (nSPS) is 11.1. The van der Waals surface area contributed by atoms with Crippen LogP contribution in [0.3, 0.4) is 0 Å². The maximum atomic E-state index is 5.98. The Balaban J connectivity index is 3.05. The van der Waals surface area contributed by atoms with Crippen molar-refractivity contribution < 1.29 is 0 Å². The minimum absolute atomic E-state index is 0.345. The molecule has 0 atom stereocenters. The van der Waals surface area contributed by atoms with Gasteiger partial charge in [0.05, 0.1) is 5.69 Å². The third-order valence-electron chi connectivity index (χ3n) is 2.73. The number of nitrogen functional groups attached to an aromatic ring is 1. The van der Waals surface area contributed by atoms with Gasteiger partial charge in [0.2, 0.25) is 0 Å². The summed E-state index contributed by atoms with van der Waals surface area (Å²) in [6.07, 6.45) is 8.05. The van der Waals surface area contributed by atoms with E-state index in [1.807, 2.05) is 23.2 Å². The van der Waals surface area contributed by atoms with Gasteiger partial charge >= 0.3 is 0 Å². The zero-order valence-corrected chi connectivity index (χ0v) is 11.6. The monoisotopic (exact) mass is 245 g/mol. The average Bonchev–Trinajstić information content (AvgIpc) is 2.35. The molecular formula is C15H23N3. The first-order valence-corrected chi connectivity index (χ1v) is 6.43. The average molecular weight is 245 g/mol. The van der Waals surface area contributed by atoms with Crippen molar-refractivity contribution >= 4 is 11.5 Å². The lowest BCUT2D eigenvalue weighted by molar-refractivity contribution is 0.743. The van der Waals surface area contributed by atoms with Crippen molar-refractivity contribution in [2.45, 2.75) is 33.6 Å². The Hall–Kier alpha value is -1.77. The Kier molecular flexibility index (Phi) is 5.43. The fourth-order valence-electron chi connectivity index (χ4n) is 1.54. The van der Waals surface area contributed by atoms with E-state index < -0.39 is 0 Å². The van der Waals surface area contributed by atoms with E-state index in [2.05, 4.69) is 38.4 Å². The first kappa shape index (κ1) is 14.3. The number of anilines is 2. The molecule has 3 heteroatoms. The minimum atomic E-state index is 0.345. The van der Waals surface area contributed by atoms with Gasteiger partial charge < -0.3 is 10.6 Å². The van der Waals surface area contributed by atoms with Crippen LogP contribution in [-0.4, -0.2) is 4.98 Å². The molecule has 0 saturated heterocycles. The molecule has 98 valence electrons. The van der Waals surface area contributed by atoms with Crippen LogP contribution < -0.4 is 10.6 Å². The fraction of sp³-hybridized carbons (Fsp3) is 0.400. The Morgan fingerprint density at radius 3 is 2.83 bits per heavy atom. The van der Waals surface area contributed by atoms with Gasteiger partial charge in [-0.05, 0) is 24.5 Å². The van der Waals surface area contributed by atoms with Crippen LogP contribution in [0.25, 0.3) is 0 Å². The maximum absolute atomic E-state index is 5.98.